The largest absolute Gasteiger partial charge is 0.358 e. The molecule has 1 aromatic rings. The third-order valence-corrected chi connectivity index (χ3v) is 3.52. The Bertz CT molecular complexity index is 483. The van der Waals surface area contributed by atoms with Crippen LogP contribution in [-0.2, 0) is 7.05 Å². The predicted octanol–water partition coefficient (Wildman–Crippen LogP) is 1.60. The zero-order valence-corrected chi connectivity index (χ0v) is 12.7. The number of hydrogen-bond donors (Lipinski definition) is 2. The number of amides is 1. The van der Waals surface area contributed by atoms with Gasteiger partial charge in [0.25, 0.3) is 5.91 Å². The second-order valence-electron chi connectivity index (χ2n) is 4.65. The van der Waals surface area contributed by atoms with Gasteiger partial charge in [0.2, 0.25) is 0 Å². The monoisotopic (exact) mass is 304 g/mol. The molecule has 0 aliphatic rings. The van der Waals surface area contributed by atoms with Gasteiger partial charge in [0, 0.05) is 18.2 Å². The van der Waals surface area contributed by atoms with Gasteiger partial charge in [-0.25, -0.2) is 4.57 Å². The molecule has 0 aromatic carbocycles. The van der Waals surface area contributed by atoms with Crippen molar-refractivity contribution in [2.45, 2.75) is 32.2 Å². The predicted molar refractivity (Wildman–Crippen MR) is 79.1 cm³/mol. The van der Waals surface area contributed by atoms with Gasteiger partial charge in [0.15, 0.2) is 5.69 Å². The number of carbonyl (C=O) groups excluding carboxylic acids is 1. The topological polar surface area (TPSA) is 103 Å². The molecular formula is C12H21ClN4O3. The number of aromatic nitrogens is 1. The summed E-state index contributed by atoms with van der Waals surface area (Å²) < 4.78 is 1.26. The van der Waals surface area contributed by atoms with Crippen LogP contribution in [0.3, 0.4) is 0 Å². The Balaban J connectivity index is 0.00000361. The fraction of sp³-hybridized carbons (Fsp3) is 0.583. The van der Waals surface area contributed by atoms with Crippen molar-refractivity contribution in [3.8, 4) is 0 Å². The Kier molecular flexibility index (Phi) is 6.67. The number of nitrogens with one attached hydrogen (secondary N) is 1. The normalized spacial score (nSPS) is 10.8. The van der Waals surface area contributed by atoms with Crippen molar-refractivity contribution < 1.29 is 9.72 Å². The van der Waals surface area contributed by atoms with E-state index in [9.17, 15) is 14.9 Å². The third kappa shape index (κ3) is 3.94. The highest BCUT2D eigenvalue weighted by Gasteiger charge is 2.24. The van der Waals surface area contributed by atoms with Gasteiger partial charge < -0.3 is 21.2 Å². The van der Waals surface area contributed by atoms with Crippen LogP contribution in [0.4, 0.5) is 5.82 Å². The fourth-order valence-electron chi connectivity index (χ4n) is 1.76. The SMILES string of the molecule is CCC(N)(CC)CNC(=O)c1ccc([N+](=O)[O-])n1C.Cl. The summed E-state index contributed by atoms with van der Waals surface area (Å²) >= 11 is 0. The number of nitrogens with zero attached hydrogens (tertiary/aromatic N) is 2. The third-order valence-electron chi connectivity index (χ3n) is 3.52. The maximum absolute atomic E-state index is 12.0. The van der Waals surface area contributed by atoms with Gasteiger partial charge in [-0.1, -0.05) is 13.8 Å². The Morgan fingerprint density at radius 1 is 1.45 bits per heavy atom. The van der Waals surface area contributed by atoms with Crippen LogP contribution in [0.5, 0.6) is 0 Å². The van der Waals surface area contributed by atoms with E-state index in [-0.39, 0.29) is 29.8 Å². The van der Waals surface area contributed by atoms with Crippen LogP contribution in [0.1, 0.15) is 37.2 Å². The van der Waals surface area contributed by atoms with Crippen LogP contribution in [0.15, 0.2) is 12.1 Å². The van der Waals surface area contributed by atoms with Crippen LogP contribution < -0.4 is 11.1 Å². The summed E-state index contributed by atoms with van der Waals surface area (Å²) in [5.74, 6) is -0.470. The molecule has 114 valence electrons. The van der Waals surface area contributed by atoms with E-state index in [2.05, 4.69) is 5.32 Å². The minimum atomic E-state index is -0.526. The Labute approximate surface area is 124 Å². The maximum atomic E-state index is 12.0. The number of rotatable bonds is 6. The molecule has 0 radical (unpaired) electrons. The molecule has 0 aliphatic heterocycles. The van der Waals surface area contributed by atoms with Crippen LogP contribution in [0.25, 0.3) is 0 Å². The second kappa shape index (κ2) is 7.25. The summed E-state index contributed by atoms with van der Waals surface area (Å²) in [6, 6.07) is 2.74. The van der Waals surface area contributed by atoms with Crippen LogP contribution >= 0.6 is 12.4 Å². The average Bonchev–Trinajstić information content (AvgIpc) is 2.77. The molecule has 8 heteroatoms. The van der Waals surface area contributed by atoms with Crippen molar-refractivity contribution >= 4 is 24.1 Å². The molecule has 0 fully saturated rings. The lowest BCUT2D eigenvalue weighted by molar-refractivity contribution is -0.391. The number of hydrogen-bond acceptors (Lipinski definition) is 4. The Hall–Kier alpha value is -1.60. The van der Waals surface area contributed by atoms with Crippen molar-refractivity contribution in [2.75, 3.05) is 6.54 Å². The molecule has 0 unspecified atom stereocenters. The van der Waals surface area contributed by atoms with Gasteiger partial charge in [0.05, 0.1) is 7.05 Å². The van der Waals surface area contributed by atoms with E-state index in [1.54, 1.807) is 0 Å². The van der Waals surface area contributed by atoms with Crippen molar-refractivity contribution in [1.82, 2.24) is 9.88 Å². The molecule has 20 heavy (non-hydrogen) atoms. The summed E-state index contributed by atoms with van der Waals surface area (Å²) in [6.45, 7) is 4.27. The van der Waals surface area contributed by atoms with Gasteiger partial charge in [0.1, 0.15) is 0 Å². The van der Waals surface area contributed by atoms with E-state index in [1.165, 1.54) is 23.7 Å². The molecule has 3 N–H and O–H groups in total. The molecule has 0 saturated heterocycles. The Morgan fingerprint density at radius 2 is 2.00 bits per heavy atom. The van der Waals surface area contributed by atoms with Crippen molar-refractivity contribution in [3.63, 3.8) is 0 Å². The number of nitrogens with two attached hydrogens (primary N) is 1. The lowest BCUT2D eigenvalue weighted by atomic mass is 9.94. The molecule has 0 atom stereocenters. The zero-order chi connectivity index (χ0) is 14.6. The quantitative estimate of drug-likeness (QED) is 0.615. The first-order valence-corrected chi connectivity index (χ1v) is 6.22. The van der Waals surface area contributed by atoms with Gasteiger partial charge in [-0.05, 0) is 23.8 Å². The first-order valence-electron chi connectivity index (χ1n) is 6.22. The molecule has 0 aliphatic carbocycles. The number of nitro groups is 1. The van der Waals surface area contributed by atoms with Crippen LogP contribution in [-0.4, -0.2) is 27.5 Å². The van der Waals surface area contributed by atoms with E-state index >= 15 is 0 Å². The standard InChI is InChI=1S/C12H20N4O3.ClH/c1-4-12(13,5-2)8-14-11(17)9-6-7-10(15(9)3)16(18)19;/h6-7H,4-5,8,13H2,1-3H3,(H,14,17);1H. The van der Waals surface area contributed by atoms with E-state index in [0.29, 0.717) is 6.54 Å². The Morgan fingerprint density at radius 3 is 2.40 bits per heavy atom. The second-order valence-corrected chi connectivity index (χ2v) is 4.65. The van der Waals surface area contributed by atoms with Crippen molar-refractivity contribution in [3.05, 3.63) is 27.9 Å². The van der Waals surface area contributed by atoms with Crippen LogP contribution in [0.2, 0.25) is 0 Å². The van der Waals surface area contributed by atoms with E-state index < -0.39 is 10.5 Å². The molecule has 1 amide bonds. The van der Waals surface area contributed by atoms with E-state index in [4.69, 9.17) is 5.73 Å². The first kappa shape index (κ1) is 18.4. The summed E-state index contributed by atoms with van der Waals surface area (Å²) in [6.07, 6.45) is 1.49. The molecule has 1 heterocycles. The van der Waals surface area contributed by atoms with Gasteiger partial charge >= 0.3 is 5.82 Å². The molecule has 0 bridgehead atoms. The highest BCUT2D eigenvalue weighted by molar-refractivity contribution is 5.93. The molecule has 0 saturated carbocycles. The molecular weight excluding hydrogens is 284 g/mol. The lowest BCUT2D eigenvalue weighted by Crippen LogP contribution is -2.49. The van der Waals surface area contributed by atoms with Crippen molar-refractivity contribution in [2.24, 2.45) is 12.8 Å². The highest BCUT2D eigenvalue weighted by atomic mass is 35.5. The molecule has 0 spiro atoms. The molecule has 7 nitrogen and oxygen atoms in total. The van der Waals surface area contributed by atoms with Crippen LogP contribution in [0, 0.1) is 10.1 Å². The first-order chi connectivity index (χ1) is 8.84. The summed E-state index contributed by atoms with van der Waals surface area (Å²) in [7, 11) is 1.49. The molecule has 1 aromatic heterocycles. The molecule has 1 rings (SSSR count). The zero-order valence-electron chi connectivity index (χ0n) is 11.9. The number of halogens is 1. The minimum absolute atomic E-state index is 0. The van der Waals surface area contributed by atoms with Gasteiger partial charge in [-0.2, -0.15) is 0 Å². The van der Waals surface area contributed by atoms with Gasteiger partial charge in [-0.3, -0.25) is 4.79 Å². The lowest BCUT2D eigenvalue weighted by Gasteiger charge is -2.26. The van der Waals surface area contributed by atoms with E-state index in [1.807, 2.05) is 13.8 Å². The summed E-state index contributed by atoms with van der Waals surface area (Å²) in [4.78, 5) is 22.1. The number of carbonyl (C=O) groups is 1. The van der Waals surface area contributed by atoms with E-state index in [0.717, 1.165) is 12.8 Å². The summed E-state index contributed by atoms with van der Waals surface area (Å²) in [5.41, 5.74) is 5.90. The van der Waals surface area contributed by atoms with Crippen molar-refractivity contribution in [1.29, 1.82) is 0 Å². The fourth-order valence-corrected chi connectivity index (χ4v) is 1.76. The highest BCUT2D eigenvalue weighted by Crippen LogP contribution is 2.15. The van der Waals surface area contributed by atoms with Gasteiger partial charge in [-0.15, -0.1) is 12.4 Å². The summed E-state index contributed by atoms with van der Waals surface area (Å²) in [5, 5.41) is 13.4. The maximum Gasteiger partial charge on any atom is 0.323 e. The minimum Gasteiger partial charge on any atom is -0.358 e. The smallest absolute Gasteiger partial charge is 0.323 e. The average molecular weight is 305 g/mol.